The SMILES string of the molecule is COC(=O)C(CC1CCNC1=O)NC(=O)[C@@H]1C[C@@H](C2CCCCC2)CN1. The Labute approximate surface area is 155 Å². The minimum Gasteiger partial charge on any atom is -0.467 e. The molecule has 7 heteroatoms. The van der Waals surface area contributed by atoms with Crippen LogP contribution < -0.4 is 16.0 Å². The average molecular weight is 365 g/mol. The molecule has 0 radical (unpaired) electrons. The topological polar surface area (TPSA) is 96.5 Å². The van der Waals surface area contributed by atoms with E-state index in [1.54, 1.807) is 0 Å². The Morgan fingerprint density at radius 1 is 1.19 bits per heavy atom. The van der Waals surface area contributed by atoms with E-state index in [4.69, 9.17) is 4.74 Å². The van der Waals surface area contributed by atoms with Gasteiger partial charge in [0.2, 0.25) is 11.8 Å². The standard InChI is InChI=1S/C19H31N3O4/c1-26-19(25)16(9-13-7-8-20-17(13)23)22-18(24)15-10-14(11-21-15)12-5-3-2-4-6-12/h12-16,21H,2-11H2,1H3,(H,20,23)(H,22,24)/t13?,14-,15+,16?/m1/s1. The number of hydrogen-bond donors (Lipinski definition) is 3. The fourth-order valence-corrected chi connectivity index (χ4v) is 4.71. The predicted octanol–water partition coefficient (Wildman–Crippen LogP) is 0.729. The number of esters is 1. The molecule has 2 saturated heterocycles. The van der Waals surface area contributed by atoms with Crippen LogP contribution in [0, 0.1) is 17.8 Å². The van der Waals surface area contributed by atoms with E-state index in [0.29, 0.717) is 31.2 Å². The zero-order valence-corrected chi connectivity index (χ0v) is 15.6. The molecule has 0 aromatic heterocycles. The molecule has 0 spiro atoms. The van der Waals surface area contributed by atoms with E-state index < -0.39 is 12.0 Å². The molecule has 1 aliphatic carbocycles. The highest BCUT2D eigenvalue weighted by Gasteiger charge is 2.37. The van der Waals surface area contributed by atoms with Crippen LogP contribution in [0.4, 0.5) is 0 Å². The van der Waals surface area contributed by atoms with Gasteiger partial charge in [-0.15, -0.1) is 0 Å². The van der Waals surface area contributed by atoms with Crippen molar-refractivity contribution in [1.29, 1.82) is 0 Å². The van der Waals surface area contributed by atoms with Crippen molar-refractivity contribution in [3.05, 3.63) is 0 Å². The molecule has 0 aromatic rings. The Bertz CT molecular complexity index is 533. The summed E-state index contributed by atoms with van der Waals surface area (Å²) in [5, 5.41) is 8.92. The molecule has 2 aliphatic heterocycles. The fraction of sp³-hybridized carbons (Fsp3) is 0.842. The van der Waals surface area contributed by atoms with E-state index >= 15 is 0 Å². The summed E-state index contributed by atoms with van der Waals surface area (Å²) in [6, 6.07) is -1.02. The molecule has 2 amide bonds. The van der Waals surface area contributed by atoms with Crippen LogP contribution in [-0.4, -0.2) is 50.1 Å². The van der Waals surface area contributed by atoms with Gasteiger partial charge in [-0.05, 0) is 37.6 Å². The summed E-state index contributed by atoms with van der Waals surface area (Å²) in [6.45, 7) is 1.50. The Morgan fingerprint density at radius 3 is 2.62 bits per heavy atom. The molecule has 2 heterocycles. The number of amides is 2. The van der Waals surface area contributed by atoms with Gasteiger partial charge in [0.25, 0.3) is 0 Å². The van der Waals surface area contributed by atoms with Crippen LogP contribution in [-0.2, 0) is 19.1 Å². The smallest absolute Gasteiger partial charge is 0.328 e. The first-order valence-electron chi connectivity index (χ1n) is 9.97. The first kappa shape index (κ1) is 19.1. The van der Waals surface area contributed by atoms with Crippen molar-refractivity contribution in [2.75, 3.05) is 20.2 Å². The molecule has 3 fully saturated rings. The van der Waals surface area contributed by atoms with Gasteiger partial charge in [-0.2, -0.15) is 0 Å². The second kappa shape index (κ2) is 8.84. The maximum Gasteiger partial charge on any atom is 0.328 e. The lowest BCUT2D eigenvalue weighted by molar-refractivity contribution is -0.146. The van der Waals surface area contributed by atoms with E-state index in [2.05, 4.69) is 16.0 Å². The summed E-state index contributed by atoms with van der Waals surface area (Å²) in [5.74, 6) is 0.322. The highest BCUT2D eigenvalue weighted by atomic mass is 16.5. The molecule has 3 aliphatic rings. The quantitative estimate of drug-likeness (QED) is 0.603. The average Bonchev–Trinajstić information content (AvgIpc) is 3.31. The molecule has 7 nitrogen and oxygen atoms in total. The van der Waals surface area contributed by atoms with Crippen LogP contribution in [0.3, 0.4) is 0 Å². The first-order chi connectivity index (χ1) is 12.6. The third-order valence-electron chi connectivity index (χ3n) is 6.28. The van der Waals surface area contributed by atoms with Gasteiger partial charge < -0.3 is 20.7 Å². The summed E-state index contributed by atoms with van der Waals surface area (Å²) in [4.78, 5) is 36.5. The Hall–Kier alpha value is -1.63. The molecule has 146 valence electrons. The van der Waals surface area contributed by atoms with E-state index in [1.807, 2.05) is 0 Å². The van der Waals surface area contributed by atoms with E-state index in [-0.39, 0.29) is 23.8 Å². The number of methoxy groups -OCH3 is 1. The Balaban J connectivity index is 1.53. The number of hydrogen-bond acceptors (Lipinski definition) is 5. The molecule has 1 saturated carbocycles. The minimum atomic E-state index is -0.767. The van der Waals surface area contributed by atoms with Crippen LogP contribution >= 0.6 is 0 Å². The van der Waals surface area contributed by atoms with Gasteiger partial charge in [0, 0.05) is 12.5 Å². The van der Waals surface area contributed by atoms with E-state index in [9.17, 15) is 14.4 Å². The van der Waals surface area contributed by atoms with Gasteiger partial charge in [-0.3, -0.25) is 9.59 Å². The maximum absolute atomic E-state index is 12.7. The fourth-order valence-electron chi connectivity index (χ4n) is 4.71. The summed E-state index contributed by atoms with van der Waals surface area (Å²) >= 11 is 0. The van der Waals surface area contributed by atoms with Crippen LogP contribution in [0.5, 0.6) is 0 Å². The Morgan fingerprint density at radius 2 is 1.96 bits per heavy atom. The van der Waals surface area contributed by atoms with Crippen molar-refractivity contribution in [3.63, 3.8) is 0 Å². The van der Waals surface area contributed by atoms with Gasteiger partial charge in [0.15, 0.2) is 0 Å². The maximum atomic E-state index is 12.7. The van der Waals surface area contributed by atoms with Gasteiger partial charge in [0.05, 0.1) is 13.2 Å². The third kappa shape index (κ3) is 4.55. The zero-order chi connectivity index (χ0) is 18.5. The van der Waals surface area contributed by atoms with Crippen LogP contribution in [0.25, 0.3) is 0 Å². The summed E-state index contributed by atoms with van der Waals surface area (Å²) in [5.41, 5.74) is 0. The second-order valence-electron chi connectivity index (χ2n) is 7.95. The number of carbonyl (C=O) groups is 3. The molecule has 0 bridgehead atoms. The summed E-state index contributed by atoms with van der Waals surface area (Å²) in [7, 11) is 1.31. The van der Waals surface area contributed by atoms with Crippen molar-refractivity contribution in [2.45, 2.75) is 63.5 Å². The minimum absolute atomic E-state index is 0.0514. The Kier molecular flexibility index (Phi) is 6.51. The summed E-state index contributed by atoms with van der Waals surface area (Å²) in [6.07, 6.45) is 8.27. The molecule has 3 rings (SSSR count). The van der Waals surface area contributed by atoms with Crippen LogP contribution in [0.2, 0.25) is 0 Å². The highest BCUT2D eigenvalue weighted by Crippen LogP contribution is 2.34. The van der Waals surface area contributed by atoms with Crippen molar-refractivity contribution in [2.24, 2.45) is 17.8 Å². The lowest BCUT2D eigenvalue weighted by atomic mass is 9.79. The molecule has 3 N–H and O–H groups in total. The van der Waals surface area contributed by atoms with Crippen LogP contribution in [0.1, 0.15) is 51.4 Å². The molecule has 4 atom stereocenters. The van der Waals surface area contributed by atoms with Gasteiger partial charge in [-0.25, -0.2) is 4.79 Å². The predicted molar refractivity (Wildman–Crippen MR) is 96.2 cm³/mol. The van der Waals surface area contributed by atoms with Crippen molar-refractivity contribution < 1.29 is 19.1 Å². The summed E-state index contributed by atoms with van der Waals surface area (Å²) < 4.78 is 4.83. The lowest BCUT2D eigenvalue weighted by Crippen LogP contribution is -2.49. The normalized spacial score (nSPS) is 30.7. The van der Waals surface area contributed by atoms with Crippen molar-refractivity contribution in [1.82, 2.24) is 16.0 Å². The van der Waals surface area contributed by atoms with Gasteiger partial charge in [0.1, 0.15) is 6.04 Å². The molecule has 2 unspecified atom stereocenters. The third-order valence-corrected chi connectivity index (χ3v) is 6.28. The largest absolute Gasteiger partial charge is 0.467 e. The second-order valence-corrected chi connectivity index (χ2v) is 7.95. The van der Waals surface area contributed by atoms with E-state index in [0.717, 1.165) is 13.0 Å². The zero-order valence-electron chi connectivity index (χ0n) is 15.6. The first-order valence-corrected chi connectivity index (χ1v) is 9.97. The van der Waals surface area contributed by atoms with E-state index in [1.165, 1.54) is 39.2 Å². The molecule has 0 aromatic carbocycles. The molecular weight excluding hydrogens is 334 g/mol. The number of carbonyl (C=O) groups excluding carboxylic acids is 3. The molecular formula is C19H31N3O4. The van der Waals surface area contributed by atoms with Gasteiger partial charge >= 0.3 is 5.97 Å². The lowest BCUT2D eigenvalue weighted by Gasteiger charge is -2.27. The number of ether oxygens (including phenoxy) is 1. The van der Waals surface area contributed by atoms with Crippen molar-refractivity contribution >= 4 is 17.8 Å². The number of nitrogens with one attached hydrogen (secondary N) is 3. The number of rotatable bonds is 6. The monoisotopic (exact) mass is 365 g/mol. The molecule has 26 heavy (non-hydrogen) atoms. The van der Waals surface area contributed by atoms with Crippen molar-refractivity contribution in [3.8, 4) is 0 Å². The van der Waals surface area contributed by atoms with Crippen LogP contribution in [0.15, 0.2) is 0 Å². The highest BCUT2D eigenvalue weighted by molar-refractivity contribution is 5.88. The van der Waals surface area contributed by atoms with Gasteiger partial charge in [-0.1, -0.05) is 32.1 Å².